The minimum Gasteiger partial charge on any atom is -0.390 e. The number of aliphatic hydroxyl groups excluding tert-OH is 1. The first-order valence-electron chi connectivity index (χ1n) is 4.36. The summed E-state index contributed by atoms with van der Waals surface area (Å²) in [6.45, 7) is 2.07. The minimum atomic E-state index is -2.94. The van der Waals surface area contributed by atoms with Gasteiger partial charge in [0.05, 0.1) is 6.54 Å². The van der Waals surface area contributed by atoms with E-state index in [-0.39, 0.29) is 6.54 Å². The van der Waals surface area contributed by atoms with E-state index in [1.165, 1.54) is 0 Å². The molecule has 0 aromatic carbocycles. The SMILES string of the molecule is CC1CN(CC(F)(F)CO)CCS1. The molecule has 1 atom stereocenters. The Bertz CT molecular complexity index is 168. The van der Waals surface area contributed by atoms with Crippen LogP contribution in [-0.2, 0) is 0 Å². The predicted octanol–water partition coefficient (Wildman–Crippen LogP) is 1.05. The van der Waals surface area contributed by atoms with Gasteiger partial charge in [0, 0.05) is 24.1 Å². The summed E-state index contributed by atoms with van der Waals surface area (Å²) in [5, 5.41) is 8.83. The average Bonchev–Trinajstić information content (AvgIpc) is 2.03. The van der Waals surface area contributed by atoms with Gasteiger partial charge in [0.1, 0.15) is 6.61 Å². The summed E-state index contributed by atoms with van der Waals surface area (Å²) in [6, 6.07) is 0. The smallest absolute Gasteiger partial charge is 0.283 e. The normalized spacial score (nSPS) is 26.3. The summed E-state index contributed by atoms with van der Waals surface area (Å²) in [7, 11) is 0. The number of hydrogen-bond acceptors (Lipinski definition) is 3. The van der Waals surface area contributed by atoms with E-state index in [0.29, 0.717) is 18.3 Å². The molecule has 1 aliphatic heterocycles. The molecule has 1 saturated heterocycles. The Hall–Kier alpha value is 0.130. The maximum absolute atomic E-state index is 12.8. The lowest BCUT2D eigenvalue weighted by Crippen LogP contribution is -2.45. The van der Waals surface area contributed by atoms with Gasteiger partial charge in [-0.3, -0.25) is 4.90 Å². The molecular formula is C8H15F2NOS. The highest BCUT2D eigenvalue weighted by Gasteiger charge is 2.32. The molecular weight excluding hydrogens is 196 g/mol. The third kappa shape index (κ3) is 3.79. The van der Waals surface area contributed by atoms with E-state index in [1.54, 1.807) is 16.7 Å². The molecule has 0 aromatic heterocycles. The lowest BCUT2D eigenvalue weighted by molar-refractivity contribution is -0.0720. The first-order valence-corrected chi connectivity index (χ1v) is 5.41. The van der Waals surface area contributed by atoms with Crippen LogP contribution in [0.25, 0.3) is 0 Å². The van der Waals surface area contributed by atoms with Gasteiger partial charge in [-0.1, -0.05) is 6.92 Å². The van der Waals surface area contributed by atoms with Crippen molar-refractivity contribution in [2.75, 3.05) is 32.0 Å². The lowest BCUT2D eigenvalue weighted by Gasteiger charge is -2.32. The van der Waals surface area contributed by atoms with Gasteiger partial charge >= 0.3 is 0 Å². The number of aliphatic hydroxyl groups is 1. The van der Waals surface area contributed by atoms with Crippen LogP contribution in [0.15, 0.2) is 0 Å². The predicted molar refractivity (Wildman–Crippen MR) is 50.4 cm³/mol. The molecule has 1 aliphatic rings. The number of nitrogens with zero attached hydrogens (tertiary/aromatic N) is 1. The minimum absolute atomic E-state index is 0.311. The second-order valence-corrected chi connectivity index (χ2v) is 4.98. The van der Waals surface area contributed by atoms with Crippen LogP contribution in [0, 0.1) is 0 Å². The van der Waals surface area contributed by atoms with E-state index in [4.69, 9.17) is 5.11 Å². The second-order valence-electron chi connectivity index (χ2n) is 3.43. The van der Waals surface area contributed by atoms with Crippen molar-refractivity contribution in [3.05, 3.63) is 0 Å². The number of thioether (sulfide) groups is 1. The Labute approximate surface area is 81.3 Å². The van der Waals surface area contributed by atoms with Crippen molar-refractivity contribution in [3.63, 3.8) is 0 Å². The van der Waals surface area contributed by atoms with Crippen molar-refractivity contribution >= 4 is 11.8 Å². The fraction of sp³-hybridized carbons (Fsp3) is 1.00. The monoisotopic (exact) mass is 211 g/mol. The summed E-state index contributed by atoms with van der Waals surface area (Å²) < 4.78 is 25.5. The molecule has 0 aromatic rings. The van der Waals surface area contributed by atoms with E-state index in [2.05, 4.69) is 0 Å². The van der Waals surface area contributed by atoms with E-state index < -0.39 is 12.5 Å². The summed E-state index contributed by atoms with van der Waals surface area (Å²) in [5.41, 5.74) is 0. The molecule has 0 saturated carbocycles. The van der Waals surface area contributed by atoms with Crippen LogP contribution in [0.4, 0.5) is 8.78 Å². The van der Waals surface area contributed by atoms with Crippen LogP contribution in [0.3, 0.4) is 0 Å². The Morgan fingerprint density at radius 2 is 2.31 bits per heavy atom. The molecule has 78 valence electrons. The molecule has 0 bridgehead atoms. The van der Waals surface area contributed by atoms with Crippen LogP contribution >= 0.6 is 11.8 Å². The summed E-state index contributed by atoms with van der Waals surface area (Å²) in [6.07, 6.45) is 0. The molecule has 2 nitrogen and oxygen atoms in total. The van der Waals surface area contributed by atoms with Crippen molar-refractivity contribution in [3.8, 4) is 0 Å². The summed E-state index contributed by atoms with van der Waals surface area (Å²) in [4.78, 5) is 1.72. The highest BCUT2D eigenvalue weighted by Crippen LogP contribution is 2.21. The summed E-state index contributed by atoms with van der Waals surface area (Å²) >= 11 is 1.81. The Balaban J connectivity index is 2.35. The van der Waals surface area contributed by atoms with Crippen molar-refractivity contribution in [1.29, 1.82) is 0 Å². The Kier molecular flexibility index (Phi) is 3.94. The molecule has 0 aliphatic carbocycles. The number of rotatable bonds is 3. The zero-order valence-corrected chi connectivity index (χ0v) is 8.49. The van der Waals surface area contributed by atoms with E-state index in [0.717, 1.165) is 5.75 Å². The largest absolute Gasteiger partial charge is 0.390 e. The molecule has 1 unspecified atom stereocenters. The van der Waals surface area contributed by atoms with E-state index in [9.17, 15) is 8.78 Å². The quantitative estimate of drug-likeness (QED) is 0.755. The van der Waals surface area contributed by atoms with Gasteiger partial charge in [-0.05, 0) is 0 Å². The van der Waals surface area contributed by atoms with Crippen molar-refractivity contribution in [2.24, 2.45) is 0 Å². The van der Waals surface area contributed by atoms with Gasteiger partial charge in [-0.25, -0.2) is 8.78 Å². The lowest BCUT2D eigenvalue weighted by atomic mass is 10.3. The molecule has 0 amide bonds. The molecule has 0 radical (unpaired) electrons. The van der Waals surface area contributed by atoms with Crippen molar-refractivity contribution < 1.29 is 13.9 Å². The van der Waals surface area contributed by atoms with Crippen molar-refractivity contribution in [2.45, 2.75) is 18.1 Å². The Morgan fingerprint density at radius 3 is 2.85 bits per heavy atom. The van der Waals surface area contributed by atoms with Crippen LogP contribution in [0.1, 0.15) is 6.92 Å². The molecule has 5 heteroatoms. The van der Waals surface area contributed by atoms with Gasteiger partial charge in [-0.2, -0.15) is 11.8 Å². The molecule has 0 spiro atoms. The standard InChI is InChI=1S/C8H15F2NOS/c1-7-4-11(2-3-13-7)5-8(9,10)6-12/h7,12H,2-6H2,1H3. The van der Waals surface area contributed by atoms with Crippen molar-refractivity contribution in [1.82, 2.24) is 4.90 Å². The van der Waals surface area contributed by atoms with Gasteiger partial charge in [0.15, 0.2) is 0 Å². The van der Waals surface area contributed by atoms with Crippen LogP contribution < -0.4 is 0 Å². The average molecular weight is 211 g/mol. The topological polar surface area (TPSA) is 23.5 Å². The fourth-order valence-corrected chi connectivity index (χ4v) is 2.49. The highest BCUT2D eigenvalue weighted by atomic mass is 32.2. The highest BCUT2D eigenvalue weighted by molar-refractivity contribution is 7.99. The van der Waals surface area contributed by atoms with Gasteiger partial charge in [-0.15, -0.1) is 0 Å². The number of alkyl halides is 2. The third-order valence-corrected chi connectivity index (χ3v) is 3.15. The summed E-state index contributed by atoms with van der Waals surface area (Å²) in [5.74, 6) is -2.04. The zero-order chi connectivity index (χ0) is 9.90. The maximum Gasteiger partial charge on any atom is 0.283 e. The van der Waals surface area contributed by atoms with Crippen LogP contribution in [-0.4, -0.2) is 53.2 Å². The first kappa shape index (κ1) is 11.2. The molecule has 13 heavy (non-hydrogen) atoms. The zero-order valence-electron chi connectivity index (χ0n) is 7.67. The molecule has 1 fully saturated rings. The number of hydrogen-bond donors (Lipinski definition) is 1. The van der Waals surface area contributed by atoms with Gasteiger partial charge < -0.3 is 5.11 Å². The van der Waals surface area contributed by atoms with E-state index in [1.807, 2.05) is 6.92 Å². The maximum atomic E-state index is 12.8. The van der Waals surface area contributed by atoms with Gasteiger partial charge in [0.2, 0.25) is 0 Å². The number of halogens is 2. The second kappa shape index (κ2) is 4.57. The van der Waals surface area contributed by atoms with Crippen LogP contribution in [0.5, 0.6) is 0 Å². The van der Waals surface area contributed by atoms with E-state index >= 15 is 0 Å². The molecule has 1 heterocycles. The van der Waals surface area contributed by atoms with Gasteiger partial charge in [0.25, 0.3) is 5.92 Å². The first-order chi connectivity index (χ1) is 6.03. The molecule has 1 rings (SSSR count). The third-order valence-electron chi connectivity index (χ3n) is 2.01. The Morgan fingerprint density at radius 1 is 1.62 bits per heavy atom. The molecule has 1 N–H and O–H groups in total. The van der Waals surface area contributed by atoms with Crippen LogP contribution in [0.2, 0.25) is 0 Å². The fourth-order valence-electron chi connectivity index (χ4n) is 1.41.